The molecule has 2 aliphatic rings. The maximum atomic E-state index is 13.3. The molecule has 5 rings (SSSR count). The van der Waals surface area contributed by atoms with Crippen LogP contribution in [0.1, 0.15) is 29.1 Å². The highest BCUT2D eigenvalue weighted by molar-refractivity contribution is 7.54. The molecule has 0 aliphatic carbocycles. The predicted octanol–water partition coefficient (Wildman–Crippen LogP) is 4.65. The molecule has 0 bridgehead atoms. The molecule has 1 aromatic heterocycles. The summed E-state index contributed by atoms with van der Waals surface area (Å²) in [6.45, 7) is 4.67. The average Bonchev–Trinajstić information content (AvgIpc) is 3.73. The first-order chi connectivity index (χ1) is 16.7. The smallest absolute Gasteiger partial charge is 0.346 e. The third kappa shape index (κ3) is 4.68. The van der Waals surface area contributed by atoms with Crippen molar-refractivity contribution in [3.8, 4) is 11.5 Å². The van der Waals surface area contributed by atoms with E-state index < -0.39 is 18.7 Å². The molecule has 0 spiro atoms. The van der Waals surface area contributed by atoms with Gasteiger partial charge in [0, 0.05) is 51.2 Å². The van der Waals surface area contributed by atoms with Crippen molar-refractivity contribution in [2.45, 2.75) is 13.0 Å². The van der Waals surface area contributed by atoms with Crippen LogP contribution in [0.3, 0.4) is 0 Å². The normalized spacial score (nSPS) is 16.8. The van der Waals surface area contributed by atoms with Crippen molar-refractivity contribution in [2.75, 3.05) is 40.3 Å². The zero-order valence-corrected chi connectivity index (χ0v) is 20.4. The molecule has 35 heavy (non-hydrogen) atoms. The Balaban J connectivity index is 1.44. The fraction of sp³-hybridized carbons (Fsp3) is 0.348. The molecule has 1 amide bonds. The number of nitrogens with zero attached hydrogens (tertiary/aromatic N) is 4. The van der Waals surface area contributed by atoms with E-state index in [4.69, 9.17) is 13.7 Å². The number of carbonyl (C=O) groups is 1. The highest BCUT2D eigenvalue weighted by atomic mass is 31.2. The van der Waals surface area contributed by atoms with Crippen molar-refractivity contribution in [2.24, 2.45) is 0 Å². The van der Waals surface area contributed by atoms with Crippen LogP contribution >= 0.6 is 7.67 Å². The molecular formula is C23H25N4O7P. The van der Waals surface area contributed by atoms with Crippen molar-refractivity contribution in [1.82, 2.24) is 14.2 Å². The Morgan fingerprint density at radius 3 is 2.43 bits per heavy atom. The second kappa shape index (κ2) is 8.76. The summed E-state index contributed by atoms with van der Waals surface area (Å²) in [7, 11) is 0.212. The van der Waals surface area contributed by atoms with Crippen LogP contribution in [0.2, 0.25) is 0 Å². The summed E-state index contributed by atoms with van der Waals surface area (Å²) in [6, 6.07) is 11.0. The summed E-state index contributed by atoms with van der Waals surface area (Å²) >= 11 is 0. The van der Waals surface area contributed by atoms with Crippen LogP contribution in [-0.2, 0) is 9.09 Å². The summed E-state index contributed by atoms with van der Waals surface area (Å²) in [4.78, 5) is 24.9. The van der Waals surface area contributed by atoms with Gasteiger partial charge < -0.3 is 14.1 Å². The number of rotatable bonds is 9. The Morgan fingerprint density at radius 1 is 1.14 bits per heavy atom. The lowest BCUT2D eigenvalue weighted by Crippen LogP contribution is -2.21. The van der Waals surface area contributed by atoms with Crippen LogP contribution in [0.4, 0.5) is 5.69 Å². The summed E-state index contributed by atoms with van der Waals surface area (Å²) in [6.07, 6.45) is -0.619. The quantitative estimate of drug-likeness (QED) is 0.179. The number of nitro groups is 1. The lowest BCUT2D eigenvalue weighted by Gasteiger charge is -2.22. The van der Waals surface area contributed by atoms with E-state index >= 15 is 0 Å². The molecule has 2 fully saturated rings. The minimum atomic E-state index is -3.06. The van der Waals surface area contributed by atoms with Crippen LogP contribution in [0.15, 0.2) is 46.9 Å². The Kier molecular flexibility index (Phi) is 5.88. The molecule has 3 aromatic rings. The minimum Gasteiger partial charge on any atom is -0.458 e. The second-order valence-corrected chi connectivity index (χ2v) is 11.1. The molecule has 3 heterocycles. The molecule has 11 nitrogen and oxygen atoms in total. The summed E-state index contributed by atoms with van der Waals surface area (Å²) in [5.74, 6) is 0.500. The van der Waals surface area contributed by atoms with Gasteiger partial charge in [-0.1, -0.05) is 6.07 Å². The summed E-state index contributed by atoms with van der Waals surface area (Å²) < 4.78 is 34.6. The Hall–Kier alpha value is -3.24. The first-order valence-electron chi connectivity index (χ1n) is 11.2. The van der Waals surface area contributed by atoms with Crippen molar-refractivity contribution in [3.05, 3.63) is 63.9 Å². The van der Waals surface area contributed by atoms with Gasteiger partial charge in [-0.2, -0.15) is 0 Å². The van der Waals surface area contributed by atoms with Gasteiger partial charge in [0.1, 0.15) is 23.2 Å². The number of furan rings is 1. The maximum Gasteiger partial charge on any atom is 0.346 e. The predicted molar refractivity (Wildman–Crippen MR) is 128 cm³/mol. The third-order valence-corrected chi connectivity index (χ3v) is 8.61. The van der Waals surface area contributed by atoms with E-state index in [2.05, 4.69) is 0 Å². The number of amides is 1. The highest BCUT2D eigenvalue weighted by Crippen LogP contribution is 2.63. The summed E-state index contributed by atoms with van der Waals surface area (Å²) in [5.41, 5.74) is 0.407. The molecule has 1 atom stereocenters. The van der Waals surface area contributed by atoms with Gasteiger partial charge in [-0.25, -0.2) is 9.34 Å². The molecule has 184 valence electrons. The number of nitro benzene ring substituents is 1. The fourth-order valence-corrected chi connectivity index (χ4v) is 6.07. The van der Waals surface area contributed by atoms with Crippen molar-refractivity contribution in [3.63, 3.8) is 0 Å². The molecular weight excluding hydrogens is 475 g/mol. The SMILES string of the molecule is C[C@H](OP(=O)(N1CC1)N1CC1)c1cc2cc(Oc3cccc(C(=O)N(C)C)c3)c([N+](=O)[O-])cc2o1. The molecule has 0 saturated carbocycles. The van der Waals surface area contributed by atoms with Crippen molar-refractivity contribution < 1.29 is 28.0 Å². The Morgan fingerprint density at radius 2 is 1.83 bits per heavy atom. The lowest BCUT2D eigenvalue weighted by atomic mass is 10.2. The maximum absolute atomic E-state index is 13.3. The molecule has 0 radical (unpaired) electrons. The zero-order valence-electron chi connectivity index (χ0n) is 19.5. The van der Waals surface area contributed by atoms with E-state index in [0.717, 1.165) is 26.2 Å². The number of hydrogen-bond donors (Lipinski definition) is 0. The number of benzene rings is 2. The van der Waals surface area contributed by atoms with Gasteiger partial charge in [-0.3, -0.25) is 24.0 Å². The van der Waals surface area contributed by atoms with Gasteiger partial charge in [0.2, 0.25) is 5.75 Å². The van der Waals surface area contributed by atoms with Crippen LogP contribution in [0.5, 0.6) is 11.5 Å². The van der Waals surface area contributed by atoms with E-state index in [-0.39, 0.29) is 17.3 Å². The molecule has 0 unspecified atom stereocenters. The van der Waals surface area contributed by atoms with Gasteiger partial charge in [0.15, 0.2) is 0 Å². The zero-order chi connectivity index (χ0) is 24.9. The molecule has 2 aromatic carbocycles. The van der Waals surface area contributed by atoms with Gasteiger partial charge in [-0.15, -0.1) is 0 Å². The number of fused-ring (bicyclic) bond motifs is 1. The number of carbonyl (C=O) groups excluding carboxylic acids is 1. The largest absolute Gasteiger partial charge is 0.458 e. The fourth-order valence-electron chi connectivity index (χ4n) is 3.74. The first kappa shape index (κ1) is 23.5. The van der Waals surface area contributed by atoms with Crippen molar-refractivity contribution >= 4 is 30.2 Å². The molecule has 2 aliphatic heterocycles. The number of ether oxygens (including phenoxy) is 1. The first-order valence-corrected chi connectivity index (χ1v) is 12.7. The average molecular weight is 500 g/mol. The van der Waals surface area contributed by atoms with Crippen LogP contribution in [0, 0.1) is 10.1 Å². The van der Waals surface area contributed by atoms with Crippen LogP contribution < -0.4 is 4.74 Å². The van der Waals surface area contributed by atoms with Gasteiger partial charge >= 0.3 is 13.4 Å². The van der Waals surface area contributed by atoms with E-state index in [9.17, 15) is 19.5 Å². The topological polar surface area (TPSA) is 118 Å². The van der Waals surface area contributed by atoms with E-state index in [1.807, 2.05) is 9.34 Å². The second-order valence-electron chi connectivity index (χ2n) is 8.74. The lowest BCUT2D eigenvalue weighted by molar-refractivity contribution is -0.385. The number of hydrogen-bond acceptors (Lipinski definition) is 7. The van der Waals surface area contributed by atoms with E-state index in [0.29, 0.717) is 28.0 Å². The Bertz CT molecular complexity index is 1350. The monoisotopic (exact) mass is 500 g/mol. The molecule has 0 N–H and O–H groups in total. The minimum absolute atomic E-state index is 0.0109. The highest BCUT2D eigenvalue weighted by Gasteiger charge is 2.50. The summed E-state index contributed by atoms with van der Waals surface area (Å²) in [5, 5.41) is 12.3. The molecule has 12 heteroatoms. The van der Waals surface area contributed by atoms with Crippen LogP contribution in [0.25, 0.3) is 11.0 Å². The third-order valence-electron chi connectivity index (χ3n) is 5.79. The standard InChI is InChI=1S/C23H25N4O7P/c1-15(34-35(31,25-7-8-25)26-9-10-26)20-12-17-13-22(19(27(29)30)14-21(17)33-20)32-18-6-4-5-16(11-18)23(28)24(2)3/h4-6,11-15H,7-10H2,1-3H3/t15-/m0/s1. The van der Waals surface area contributed by atoms with Gasteiger partial charge in [-0.05, 0) is 37.3 Å². The van der Waals surface area contributed by atoms with Crippen molar-refractivity contribution in [1.29, 1.82) is 0 Å². The van der Waals surface area contributed by atoms with Gasteiger partial charge in [0.25, 0.3) is 5.91 Å². The Labute approximate surface area is 201 Å². The van der Waals surface area contributed by atoms with Crippen LogP contribution in [-0.4, -0.2) is 65.3 Å². The van der Waals surface area contributed by atoms with E-state index in [1.165, 1.54) is 23.1 Å². The van der Waals surface area contributed by atoms with E-state index in [1.54, 1.807) is 45.3 Å². The van der Waals surface area contributed by atoms with Gasteiger partial charge in [0.05, 0.1) is 11.0 Å². The molecule has 2 saturated heterocycles.